The fraction of sp³-hybridized carbons (Fsp3) is 0.933. The maximum atomic E-state index is 12.5. The first-order chi connectivity index (χ1) is 8.56. The summed E-state index contributed by atoms with van der Waals surface area (Å²) >= 11 is 0. The Morgan fingerprint density at radius 2 is 1.94 bits per heavy atom. The highest BCUT2D eigenvalue weighted by Crippen LogP contribution is 2.25. The Morgan fingerprint density at radius 1 is 1.33 bits per heavy atom. The standard InChI is InChI=1S/C15H30N2O/c1-4-5-10-14(16)15(18)17(11-12(2)3)13-8-6-7-9-13/h12-14H,4-11,16H2,1-3H3/t14-/m0/s1. The van der Waals surface area contributed by atoms with Crippen molar-refractivity contribution in [1.82, 2.24) is 4.90 Å². The van der Waals surface area contributed by atoms with Crippen LogP contribution < -0.4 is 5.73 Å². The summed E-state index contributed by atoms with van der Waals surface area (Å²) in [6, 6.07) is 0.164. The van der Waals surface area contributed by atoms with Gasteiger partial charge in [-0.2, -0.15) is 0 Å². The van der Waals surface area contributed by atoms with Crippen LogP contribution >= 0.6 is 0 Å². The van der Waals surface area contributed by atoms with Gasteiger partial charge in [0.2, 0.25) is 5.91 Å². The fourth-order valence-electron chi connectivity index (χ4n) is 2.79. The third-order valence-electron chi connectivity index (χ3n) is 3.80. The van der Waals surface area contributed by atoms with Crippen LogP contribution in [0.3, 0.4) is 0 Å². The highest BCUT2D eigenvalue weighted by atomic mass is 16.2. The first kappa shape index (κ1) is 15.5. The number of hydrogen-bond acceptors (Lipinski definition) is 2. The quantitative estimate of drug-likeness (QED) is 0.759. The van der Waals surface area contributed by atoms with Gasteiger partial charge in [-0.1, -0.05) is 46.5 Å². The largest absolute Gasteiger partial charge is 0.338 e. The van der Waals surface area contributed by atoms with Gasteiger partial charge >= 0.3 is 0 Å². The van der Waals surface area contributed by atoms with Gasteiger partial charge in [0.05, 0.1) is 6.04 Å². The van der Waals surface area contributed by atoms with Crippen LogP contribution in [0.1, 0.15) is 65.7 Å². The van der Waals surface area contributed by atoms with E-state index in [9.17, 15) is 4.79 Å². The number of carbonyl (C=O) groups excluding carboxylic acids is 1. The molecule has 3 nitrogen and oxygen atoms in total. The summed E-state index contributed by atoms with van der Waals surface area (Å²) in [5.41, 5.74) is 6.06. The van der Waals surface area contributed by atoms with E-state index in [0.717, 1.165) is 25.8 Å². The molecule has 0 radical (unpaired) electrons. The molecule has 1 atom stereocenters. The molecule has 0 spiro atoms. The van der Waals surface area contributed by atoms with E-state index in [4.69, 9.17) is 5.73 Å². The molecule has 1 fully saturated rings. The van der Waals surface area contributed by atoms with E-state index in [2.05, 4.69) is 25.7 Å². The molecule has 0 unspecified atom stereocenters. The van der Waals surface area contributed by atoms with Crippen LogP contribution in [0.15, 0.2) is 0 Å². The van der Waals surface area contributed by atoms with Crippen molar-refractivity contribution in [2.45, 2.75) is 77.8 Å². The van der Waals surface area contributed by atoms with Gasteiger partial charge in [0, 0.05) is 12.6 Å². The number of nitrogens with zero attached hydrogens (tertiary/aromatic N) is 1. The molecule has 1 aliphatic carbocycles. The van der Waals surface area contributed by atoms with Crippen molar-refractivity contribution in [2.24, 2.45) is 11.7 Å². The summed E-state index contributed by atoms with van der Waals surface area (Å²) < 4.78 is 0. The minimum absolute atomic E-state index is 0.184. The molecule has 0 aliphatic heterocycles. The zero-order chi connectivity index (χ0) is 13.5. The van der Waals surface area contributed by atoms with Crippen LogP contribution in [0.5, 0.6) is 0 Å². The first-order valence-corrected chi connectivity index (χ1v) is 7.62. The molecule has 1 saturated carbocycles. The van der Waals surface area contributed by atoms with Crippen molar-refractivity contribution >= 4 is 5.91 Å². The Hall–Kier alpha value is -0.570. The van der Waals surface area contributed by atoms with Crippen molar-refractivity contribution in [2.75, 3.05) is 6.54 Å². The molecule has 0 aromatic carbocycles. The number of carbonyl (C=O) groups is 1. The predicted octanol–water partition coefficient (Wildman–Crippen LogP) is 2.93. The van der Waals surface area contributed by atoms with Gasteiger partial charge in [-0.25, -0.2) is 0 Å². The van der Waals surface area contributed by atoms with Gasteiger partial charge < -0.3 is 10.6 Å². The van der Waals surface area contributed by atoms with E-state index in [1.807, 2.05) is 0 Å². The molecule has 2 N–H and O–H groups in total. The highest BCUT2D eigenvalue weighted by Gasteiger charge is 2.29. The van der Waals surface area contributed by atoms with Crippen LogP contribution in [0, 0.1) is 5.92 Å². The lowest BCUT2D eigenvalue weighted by molar-refractivity contribution is -0.135. The first-order valence-electron chi connectivity index (χ1n) is 7.62. The molecule has 0 aromatic heterocycles. The monoisotopic (exact) mass is 254 g/mol. The summed E-state index contributed by atoms with van der Waals surface area (Å²) in [5, 5.41) is 0. The second-order valence-corrected chi connectivity index (χ2v) is 6.07. The predicted molar refractivity (Wildman–Crippen MR) is 76.3 cm³/mol. The van der Waals surface area contributed by atoms with Crippen molar-refractivity contribution in [3.8, 4) is 0 Å². The topological polar surface area (TPSA) is 46.3 Å². The average Bonchev–Trinajstić information content (AvgIpc) is 2.85. The SMILES string of the molecule is CCCC[C@H](N)C(=O)N(CC(C)C)C1CCCC1. The Morgan fingerprint density at radius 3 is 2.44 bits per heavy atom. The summed E-state index contributed by atoms with van der Waals surface area (Å²) in [4.78, 5) is 14.6. The fourth-order valence-corrected chi connectivity index (χ4v) is 2.79. The van der Waals surface area contributed by atoms with Crippen LogP contribution in [0.4, 0.5) is 0 Å². The molecule has 3 heteroatoms. The minimum Gasteiger partial charge on any atom is -0.338 e. The molecular weight excluding hydrogens is 224 g/mol. The van der Waals surface area contributed by atoms with Crippen molar-refractivity contribution in [3.05, 3.63) is 0 Å². The average molecular weight is 254 g/mol. The molecular formula is C15H30N2O. The van der Waals surface area contributed by atoms with Crippen LogP contribution in [0.2, 0.25) is 0 Å². The van der Waals surface area contributed by atoms with Gasteiger partial charge in [0.1, 0.15) is 0 Å². The second kappa shape index (κ2) is 7.78. The number of amides is 1. The highest BCUT2D eigenvalue weighted by molar-refractivity contribution is 5.82. The number of nitrogens with two attached hydrogens (primary N) is 1. The maximum Gasteiger partial charge on any atom is 0.239 e. The van der Waals surface area contributed by atoms with E-state index >= 15 is 0 Å². The summed E-state index contributed by atoms with van der Waals surface area (Å²) in [6.45, 7) is 7.35. The maximum absolute atomic E-state index is 12.5. The van der Waals surface area contributed by atoms with E-state index in [-0.39, 0.29) is 11.9 Å². The lowest BCUT2D eigenvalue weighted by Crippen LogP contribution is -2.49. The molecule has 0 heterocycles. The zero-order valence-electron chi connectivity index (χ0n) is 12.3. The van der Waals surface area contributed by atoms with Gasteiger partial charge in [0.15, 0.2) is 0 Å². The Balaban J connectivity index is 2.59. The number of hydrogen-bond donors (Lipinski definition) is 1. The summed E-state index contributed by atoms with van der Waals surface area (Å²) in [7, 11) is 0. The number of rotatable bonds is 7. The van der Waals surface area contributed by atoms with Gasteiger partial charge in [-0.3, -0.25) is 4.79 Å². The third kappa shape index (κ3) is 4.60. The molecule has 1 amide bonds. The van der Waals surface area contributed by atoms with E-state index < -0.39 is 0 Å². The summed E-state index contributed by atoms with van der Waals surface area (Å²) in [6.07, 6.45) is 7.84. The molecule has 0 bridgehead atoms. The van der Waals surface area contributed by atoms with E-state index in [1.165, 1.54) is 25.7 Å². The second-order valence-electron chi connectivity index (χ2n) is 6.07. The lowest BCUT2D eigenvalue weighted by atomic mass is 10.1. The molecule has 0 saturated heterocycles. The van der Waals surface area contributed by atoms with E-state index in [1.54, 1.807) is 0 Å². The van der Waals surface area contributed by atoms with Crippen molar-refractivity contribution in [1.29, 1.82) is 0 Å². The van der Waals surface area contributed by atoms with Gasteiger partial charge in [-0.15, -0.1) is 0 Å². The van der Waals surface area contributed by atoms with Gasteiger partial charge in [-0.05, 0) is 25.2 Å². The lowest BCUT2D eigenvalue weighted by Gasteiger charge is -2.32. The van der Waals surface area contributed by atoms with Crippen LogP contribution in [-0.2, 0) is 4.79 Å². The third-order valence-corrected chi connectivity index (χ3v) is 3.80. The normalized spacial score (nSPS) is 18.3. The zero-order valence-corrected chi connectivity index (χ0v) is 12.3. The molecule has 18 heavy (non-hydrogen) atoms. The molecule has 106 valence electrons. The minimum atomic E-state index is -0.288. The number of unbranched alkanes of at least 4 members (excludes halogenated alkanes) is 1. The molecule has 1 rings (SSSR count). The van der Waals surface area contributed by atoms with Crippen molar-refractivity contribution < 1.29 is 4.79 Å². The van der Waals surface area contributed by atoms with Gasteiger partial charge in [0.25, 0.3) is 0 Å². The van der Waals surface area contributed by atoms with Crippen LogP contribution in [-0.4, -0.2) is 29.4 Å². The summed E-state index contributed by atoms with van der Waals surface area (Å²) in [5.74, 6) is 0.706. The molecule has 0 aromatic rings. The Bertz CT molecular complexity index is 247. The molecule has 1 aliphatic rings. The Labute approximate surface area is 112 Å². The van der Waals surface area contributed by atoms with Crippen LogP contribution in [0.25, 0.3) is 0 Å². The Kier molecular flexibility index (Phi) is 6.69. The van der Waals surface area contributed by atoms with E-state index in [0.29, 0.717) is 12.0 Å². The van der Waals surface area contributed by atoms with Crippen molar-refractivity contribution in [3.63, 3.8) is 0 Å². The smallest absolute Gasteiger partial charge is 0.239 e.